The molecule has 0 radical (unpaired) electrons. The van der Waals surface area contributed by atoms with Crippen molar-refractivity contribution in [2.24, 2.45) is 0 Å². The Hall–Kier alpha value is -6.42. The predicted molar refractivity (Wildman–Crippen MR) is 231 cm³/mol. The van der Waals surface area contributed by atoms with E-state index in [1.165, 1.54) is 81.0 Å². The number of benzene rings is 8. The number of anilines is 3. The van der Waals surface area contributed by atoms with Gasteiger partial charge in [0, 0.05) is 53.3 Å². The first-order valence-electron chi connectivity index (χ1n) is 18.7. The Labute approximate surface area is 318 Å². The number of fused-ring (bicyclic) bond motifs is 9. The van der Waals surface area contributed by atoms with E-state index in [4.69, 9.17) is 0 Å². The third-order valence-electron chi connectivity index (χ3n) is 11.6. The first-order valence-corrected chi connectivity index (χ1v) is 19.5. The summed E-state index contributed by atoms with van der Waals surface area (Å²) in [5.74, 6) is 0. The summed E-state index contributed by atoms with van der Waals surface area (Å²) in [5.41, 5.74) is 14.6. The lowest BCUT2D eigenvalue weighted by Crippen LogP contribution is -2.17. The number of rotatable bonds is 5. The van der Waals surface area contributed by atoms with Gasteiger partial charge in [0.05, 0.1) is 22.4 Å². The van der Waals surface area contributed by atoms with E-state index < -0.39 is 0 Å². The quantitative estimate of drug-likeness (QED) is 0.173. The van der Waals surface area contributed by atoms with Crippen molar-refractivity contribution < 1.29 is 0 Å². The number of aromatic nitrogens is 1. The molecule has 0 atom stereocenters. The maximum atomic E-state index is 2.51. The van der Waals surface area contributed by atoms with Crippen molar-refractivity contribution in [1.29, 1.82) is 0 Å². The Morgan fingerprint density at radius 3 is 2.02 bits per heavy atom. The van der Waals surface area contributed by atoms with Crippen molar-refractivity contribution in [2.75, 3.05) is 4.90 Å². The zero-order valence-corrected chi connectivity index (χ0v) is 30.9. The van der Waals surface area contributed by atoms with E-state index in [0.717, 1.165) is 17.1 Å². The summed E-state index contributed by atoms with van der Waals surface area (Å²) in [7, 11) is 0. The molecular formula is C51H36N2S. The zero-order chi connectivity index (χ0) is 36.0. The van der Waals surface area contributed by atoms with Gasteiger partial charge < -0.3 is 9.47 Å². The van der Waals surface area contributed by atoms with E-state index in [1.807, 2.05) is 11.3 Å². The minimum Gasteiger partial charge on any atom is -0.309 e. The minimum atomic E-state index is -0.126. The molecule has 0 unspecified atom stereocenters. The first-order chi connectivity index (χ1) is 26.6. The Morgan fingerprint density at radius 2 is 1.13 bits per heavy atom. The Kier molecular flexibility index (Phi) is 6.80. The molecule has 0 saturated carbocycles. The predicted octanol–water partition coefficient (Wildman–Crippen LogP) is 14.6. The van der Waals surface area contributed by atoms with Crippen molar-refractivity contribution in [3.05, 3.63) is 193 Å². The summed E-state index contributed by atoms with van der Waals surface area (Å²) < 4.78 is 5.10. The molecular weight excluding hydrogens is 673 g/mol. The van der Waals surface area contributed by atoms with Gasteiger partial charge in [-0.15, -0.1) is 11.3 Å². The fraction of sp³-hybridized carbons (Fsp3) is 0.0588. The fourth-order valence-corrected chi connectivity index (χ4v) is 10.2. The smallest absolute Gasteiger partial charge is 0.0562 e. The van der Waals surface area contributed by atoms with Crippen molar-refractivity contribution in [2.45, 2.75) is 19.3 Å². The summed E-state index contributed by atoms with van der Waals surface area (Å²) in [4.78, 5) is 2.51. The summed E-state index contributed by atoms with van der Waals surface area (Å²) in [5, 5.41) is 5.07. The monoisotopic (exact) mass is 708 g/mol. The van der Waals surface area contributed by atoms with Gasteiger partial charge in [-0.1, -0.05) is 135 Å². The summed E-state index contributed by atoms with van der Waals surface area (Å²) >= 11 is 1.86. The fourth-order valence-electron chi connectivity index (χ4n) is 9.09. The third-order valence-corrected chi connectivity index (χ3v) is 12.7. The van der Waals surface area contributed by atoms with Crippen LogP contribution in [-0.4, -0.2) is 4.57 Å². The minimum absolute atomic E-state index is 0.126. The van der Waals surface area contributed by atoms with Crippen LogP contribution >= 0.6 is 11.3 Å². The van der Waals surface area contributed by atoms with Crippen LogP contribution in [0, 0.1) is 0 Å². The normalized spacial score (nSPS) is 13.1. The molecule has 0 saturated heterocycles. The summed E-state index contributed by atoms with van der Waals surface area (Å²) in [6, 6.07) is 67.2. The highest BCUT2D eigenvalue weighted by Crippen LogP contribution is 2.52. The molecule has 1 aliphatic carbocycles. The number of para-hydroxylation sites is 2. The highest BCUT2D eigenvalue weighted by Gasteiger charge is 2.36. The molecule has 3 heteroatoms. The van der Waals surface area contributed by atoms with E-state index >= 15 is 0 Å². The highest BCUT2D eigenvalue weighted by molar-refractivity contribution is 7.25. The first kappa shape index (κ1) is 31.1. The standard InChI is InChI=1S/C51H36N2S/c1-51(2)42-21-10-6-18-37(42)38-29-27-35(32-43(38)51)53(44-22-11-7-17-36(44)33-15-4-3-5-16-33)47-25-14-24-46-50(47)40-20-8-12-23-45(40)52(46)34-28-30-49-41(31-34)39-19-9-13-26-48(39)54-49/h3-32H,1-2H3. The topological polar surface area (TPSA) is 8.17 Å². The molecule has 0 N–H and O–H groups in total. The molecule has 0 amide bonds. The van der Waals surface area contributed by atoms with E-state index in [0.29, 0.717) is 0 Å². The van der Waals surface area contributed by atoms with E-state index in [2.05, 4.69) is 205 Å². The van der Waals surface area contributed by atoms with Crippen LogP contribution in [-0.2, 0) is 5.41 Å². The lowest BCUT2D eigenvalue weighted by atomic mass is 9.82. The lowest BCUT2D eigenvalue weighted by Gasteiger charge is -2.30. The average molecular weight is 709 g/mol. The van der Waals surface area contributed by atoms with Gasteiger partial charge in [-0.25, -0.2) is 0 Å². The molecule has 2 heterocycles. The Balaban J connectivity index is 1.20. The third kappa shape index (κ3) is 4.52. The maximum absolute atomic E-state index is 2.51. The van der Waals surface area contributed by atoms with E-state index in [1.54, 1.807) is 0 Å². The van der Waals surface area contributed by atoms with Crippen LogP contribution < -0.4 is 4.90 Å². The molecule has 256 valence electrons. The van der Waals surface area contributed by atoms with Gasteiger partial charge in [-0.05, 0) is 88.5 Å². The second-order valence-corrected chi connectivity index (χ2v) is 16.0. The van der Waals surface area contributed by atoms with Gasteiger partial charge >= 0.3 is 0 Å². The van der Waals surface area contributed by atoms with Gasteiger partial charge in [-0.2, -0.15) is 0 Å². The second kappa shape index (κ2) is 11.8. The van der Waals surface area contributed by atoms with Gasteiger partial charge in [0.25, 0.3) is 0 Å². The molecule has 8 aromatic carbocycles. The van der Waals surface area contributed by atoms with Gasteiger partial charge in [0.15, 0.2) is 0 Å². The van der Waals surface area contributed by atoms with Crippen LogP contribution in [0.1, 0.15) is 25.0 Å². The summed E-state index contributed by atoms with van der Waals surface area (Å²) in [6.07, 6.45) is 0. The van der Waals surface area contributed by atoms with Crippen molar-refractivity contribution in [1.82, 2.24) is 4.57 Å². The van der Waals surface area contributed by atoms with Crippen molar-refractivity contribution >= 4 is 70.4 Å². The molecule has 11 rings (SSSR count). The molecule has 2 nitrogen and oxygen atoms in total. The van der Waals surface area contributed by atoms with Crippen LogP contribution in [0.2, 0.25) is 0 Å². The van der Waals surface area contributed by atoms with Crippen LogP contribution in [0.15, 0.2) is 182 Å². The largest absolute Gasteiger partial charge is 0.309 e. The van der Waals surface area contributed by atoms with Gasteiger partial charge in [-0.3, -0.25) is 0 Å². The zero-order valence-electron chi connectivity index (χ0n) is 30.1. The van der Waals surface area contributed by atoms with Crippen LogP contribution in [0.25, 0.3) is 69.9 Å². The maximum Gasteiger partial charge on any atom is 0.0562 e. The van der Waals surface area contributed by atoms with Crippen molar-refractivity contribution in [3.63, 3.8) is 0 Å². The molecule has 1 aliphatic rings. The van der Waals surface area contributed by atoms with Crippen molar-refractivity contribution in [3.8, 4) is 27.9 Å². The molecule has 0 fully saturated rings. The average Bonchev–Trinajstić information content (AvgIpc) is 3.84. The summed E-state index contributed by atoms with van der Waals surface area (Å²) in [6.45, 7) is 4.73. The van der Waals surface area contributed by atoms with Crippen LogP contribution in [0.5, 0.6) is 0 Å². The molecule has 0 spiro atoms. The highest BCUT2D eigenvalue weighted by atomic mass is 32.1. The lowest BCUT2D eigenvalue weighted by molar-refractivity contribution is 0.660. The van der Waals surface area contributed by atoms with Crippen LogP contribution in [0.4, 0.5) is 17.1 Å². The SMILES string of the molecule is CC1(C)c2ccccc2-c2ccc(N(c3ccccc3-c3ccccc3)c3cccc4c3c3ccccc3n4-c3ccc4sc5ccccc5c4c3)cc21. The number of hydrogen-bond donors (Lipinski definition) is 0. The van der Waals surface area contributed by atoms with E-state index in [-0.39, 0.29) is 5.41 Å². The van der Waals surface area contributed by atoms with Gasteiger partial charge in [0.2, 0.25) is 0 Å². The number of thiophene rings is 1. The molecule has 2 aromatic heterocycles. The van der Waals surface area contributed by atoms with E-state index in [9.17, 15) is 0 Å². The second-order valence-electron chi connectivity index (χ2n) is 14.9. The number of hydrogen-bond acceptors (Lipinski definition) is 2. The Morgan fingerprint density at radius 1 is 0.463 bits per heavy atom. The van der Waals surface area contributed by atoms with Crippen LogP contribution in [0.3, 0.4) is 0 Å². The van der Waals surface area contributed by atoms with Gasteiger partial charge in [0.1, 0.15) is 0 Å². The molecule has 10 aromatic rings. The molecule has 0 aliphatic heterocycles. The molecule has 0 bridgehead atoms. The Bertz CT molecular complexity index is 3090. The number of nitrogens with zero attached hydrogens (tertiary/aromatic N) is 2. The molecule has 54 heavy (non-hydrogen) atoms.